The highest BCUT2D eigenvalue weighted by atomic mass is 16.5. The number of fused-ring (bicyclic) bond motifs is 1. The molecule has 0 aliphatic rings. The van der Waals surface area contributed by atoms with E-state index < -0.39 is 28.6 Å². The van der Waals surface area contributed by atoms with E-state index in [1.54, 1.807) is 12.1 Å². The summed E-state index contributed by atoms with van der Waals surface area (Å²) in [6, 6.07) is 10.2. The Morgan fingerprint density at radius 2 is 1.56 bits per heavy atom. The number of carbonyl (C=O) groups is 1. The van der Waals surface area contributed by atoms with E-state index in [9.17, 15) is 40.2 Å². The Kier molecular flexibility index (Phi) is 7.24. The van der Waals surface area contributed by atoms with Gasteiger partial charge in [-0.3, -0.25) is 4.79 Å². The Bertz CT molecular complexity index is 1530. The van der Waals surface area contributed by atoms with Crippen molar-refractivity contribution in [3.05, 3.63) is 70.4 Å². The Balaban J connectivity index is 0.000000223. The summed E-state index contributed by atoms with van der Waals surface area (Å²) in [5, 5.41) is 65.3. The van der Waals surface area contributed by atoms with Gasteiger partial charge in [0.2, 0.25) is 11.2 Å². The number of benzene rings is 3. The van der Waals surface area contributed by atoms with Crippen molar-refractivity contribution in [1.82, 2.24) is 0 Å². The van der Waals surface area contributed by atoms with Crippen LogP contribution < -0.4 is 10.2 Å². The fraction of sp³-hybridized carbons (Fsp3) is 0.0400. The van der Waals surface area contributed by atoms with Crippen LogP contribution in [-0.4, -0.2) is 48.8 Å². The third-order valence-electron chi connectivity index (χ3n) is 4.80. The topological polar surface area (TPSA) is 198 Å². The van der Waals surface area contributed by atoms with E-state index in [0.717, 1.165) is 30.3 Å². The van der Waals surface area contributed by atoms with E-state index >= 15 is 0 Å². The van der Waals surface area contributed by atoms with Gasteiger partial charge >= 0.3 is 5.97 Å². The van der Waals surface area contributed by atoms with Gasteiger partial charge in [0, 0.05) is 23.8 Å². The predicted molar refractivity (Wildman–Crippen MR) is 128 cm³/mol. The highest BCUT2D eigenvalue weighted by Crippen LogP contribution is 2.37. The Hall–Kier alpha value is -5.32. The lowest BCUT2D eigenvalue weighted by Gasteiger charge is -2.08. The lowest BCUT2D eigenvalue weighted by Crippen LogP contribution is -2.02. The second-order valence-electron chi connectivity index (χ2n) is 7.25. The van der Waals surface area contributed by atoms with Gasteiger partial charge in [-0.2, -0.15) is 0 Å². The van der Waals surface area contributed by atoms with Gasteiger partial charge in [0.05, 0.1) is 7.11 Å². The molecule has 0 spiro atoms. The summed E-state index contributed by atoms with van der Waals surface area (Å²) in [6.07, 6.45) is 2.44. The summed E-state index contributed by atoms with van der Waals surface area (Å²) in [4.78, 5) is 22.4. The van der Waals surface area contributed by atoms with Crippen molar-refractivity contribution in [2.45, 2.75) is 0 Å². The predicted octanol–water partition coefficient (Wildman–Crippen LogP) is 3.49. The molecule has 0 unspecified atom stereocenters. The molecular formula is C25H20O11. The van der Waals surface area contributed by atoms with E-state index in [-0.39, 0.29) is 39.5 Å². The maximum atomic E-state index is 12.1. The second-order valence-corrected chi connectivity index (χ2v) is 7.25. The summed E-state index contributed by atoms with van der Waals surface area (Å²) in [7, 11) is 1.43. The van der Waals surface area contributed by atoms with Crippen molar-refractivity contribution >= 4 is 23.0 Å². The molecule has 4 aromatic rings. The zero-order valence-corrected chi connectivity index (χ0v) is 18.5. The molecule has 11 heteroatoms. The first-order chi connectivity index (χ1) is 17.0. The minimum Gasteiger partial charge on any atom is -0.508 e. The van der Waals surface area contributed by atoms with Gasteiger partial charge < -0.3 is 44.9 Å². The number of aliphatic carboxylic acids is 1. The number of aromatic hydroxyl groups is 6. The van der Waals surface area contributed by atoms with Gasteiger partial charge in [-0.15, -0.1) is 0 Å². The fourth-order valence-electron chi connectivity index (χ4n) is 3.10. The summed E-state index contributed by atoms with van der Waals surface area (Å²) in [6.45, 7) is 0. The van der Waals surface area contributed by atoms with Crippen molar-refractivity contribution < 1.29 is 49.7 Å². The molecule has 1 aromatic heterocycles. The van der Waals surface area contributed by atoms with Gasteiger partial charge in [-0.25, -0.2) is 4.79 Å². The molecule has 36 heavy (non-hydrogen) atoms. The first kappa shape index (κ1) is 25.3. The van der Waals surface area contributed by atoms with E-state index in [0.29, 0.717) is 11.3 Å². The smallest absolute Gasteiger partial charge is 0.328 e. The maximum absolute atomic E-state index is 12.1. The summed E-state index contributed by atoms with van der Waals surface area (Å²) in [5.41, 5.74) is -0.235. The fourth-order valence-corrected chi connectivity index (χ4v) is 3.10. The highest BCUT2D eigenvalue weighted by molar-refractivity contribution is 5.88. The third-order valence-corrected chi connectivity index (χ3v) is 4.80. The van der Waals surface area contributed by atoms with Crippen LogP contribution in [0.25, 0.3) is 28.4 Å². The van der Waals surface area contributed by atoms with Crippen molar-refractivity contribution in [3.63, 3.8) is 0 Å². The van der Waals surface area contributed by atoms with Crippen LogP contribution >= 0.6 is 0 Å². The minimum atomic E-state index is -1.02. The summed E-state index contributed by atoms with van der Waals surface area (Å²) >= 11 is 0. The number of carboxylic acids is 1. The van der Waals surface area contributed by atoms with E-state index in [4.69, 9.17) is 14.3 Å². The summed E-state index contributed by atoms with van der Waals surface area (Å²) in [5.74, 6) is -3.39. The Morgan fingerprint density at radius 1 is 0.861 bits per heavy atom. The van der Waals surface area contributed by atoms with Crippen LogP contribution in [0.2, 0.25) is 0 Å². The average molecular weight is 496 g/mol. The van der Waals surface area contributed by atoms with Crippen LogP contribution in [0.15, 0.2) is 63.8 Å². The second kappa shape index (κ2) is 10.3. The average Bonchev–Trinajstić information content (AvgIpc) is 2.82. The molecule has 0 atom stereocenters. The normalized spacial score (nSPS) is 10.7. The molecule has 3 aromatic carbocycles. The van der Waals surface area contributed by atoms with Crippen LogP contribution in [-0.2, 0) is 4.79 Å². The standard InChI is InChI=1S/C15H10O7.C10H10O4/c16-7-4-10(19)12-11(5-7)22-15(14(21)13(12)20)6-1-2-8(17)9(18)3-6;1-14-9-6-7(2-4-8(9)11)3-5-10(12)13/h1-5,16-19,21H;2-6,11H,1H3,(H,12,13). The first-order valence-corrected chi connectivity index (χ1v) is 10.0. The van der Waals surface area contributed by atoms with Gasteiger partial charge in [0.25, 0.3) is 0 Å². The molecule has 0 saturated heterocycles. The quantitative estimate of drug-likeness (QED) is 0.161. The first-order valence-electron chi connectivity index (χ1n) is 10.0. The van der Waals surface area contributed by atoms with Crippen molar-refractivity contribution in [3.8, 4) is 51.6 Å². The number of ether oxygens (including phenoxy) is 1. The number of phenolic OH excluding ortho intramolecular Hbond substituents is 5. The molecule has 186 valence electrons. The van der Waals surface area contributed by atoms with Crippen LogP contribution in [0.4, 0.5) is 0 Å². The maximum Gasteiger partial charge on any atom is 0.328 e. The minimum absolute atomic E-state index is 0.0278. The van der Waals surface area contributed by atoms with Gasteiger partial charge in [-0.05, 0) is 42.0 Å². The molecule has 4 rings (SSSR count). The lowest BCUT2D eigenvalue weighted by molar-refractivity contribution is -0.131. The molecule has 0 bridgehead atoms. The molecule has 0 aliphatic carbocycles. The number of methoxy groups -OCH3 is 1. The van der Waals surface area contributed by atoms with E-state index in [1.807, 2.05) is 0 Å². The highest BCUT2D eigenvalue weighted by Gasteiger charge is 2.19. The van der Waals surface area contributed by atoms with Crippen molar-refractivity contribution in [2.75, 3.05) is 7.11 Å². The molecule has 11 nitrogen and oxygen atoms in total. The molecule has 0 amide bonds. The monoisotopic (exact) mass is 496 g/mol. The van der Waals surface area contributed by atoms with Crippen LogP contribution in [0, 0.1) is 0 Å². The number of hydrogen-bond donors (Lipinski definition) is 7. The van der Waals surface area contributed by atoms with E-state index in [1.165, 1.54) is 25.3 Å². The van der Waals surface area contributed by atoms with Crippen LogP contribution in [0.1, 0.15) is 5.56 Å². The molecule has 0 radical (unpaired) electrons. The molecular weight excluding hydrogens is 476 g/mol. The Morgan fingerprint density at radius 3 is 2.19 bits per heavy atom. The molecule has 1 heterocycles. The van der Waals surface area contributed by atoms with Crippen molar-refractivity contribution in [2.24, 2.45) is 0 Å². The zero-order chi connectivity index (χ0) is 26.6. The van der Waals surface area contributed by atoms with Crippen LogP contribution in [0.5, 0.6) is 40.2 Å². The largest absolute Gasteiger partial charge is 0.508 e. The van der Waals surface area contributed by atoms with Gasteiger partial charge in [0.15, 0.2) is 28.8 Å². The number of hydrogen-bond acceptors (Lipinski definition) is 10. The van der Waals surface area contributed by atoms with E-state index in [2.05, 4.69) is 0 Å². The van der Waals surface area contributed by atoms with Crippen LogP contribution in [0.3, 0.4) is 0 Å². The SMILES string of the molecule is COc1cc(C=CC(=O)O)ccc1O.O=c1c(O)c(-c2ccc(O)c(O)c2)oc2cc(O)cc(O)c12. The lowest BCUT2D eigenvalue weighted by atomic mass is 10.1. The number of carboxylic acid groups (broad SMARTS) is 1. The third kappa shape index (κ3) is 5.42. The molecule has 0 aliphatic heterocycles. The zero-order valence-electron chi connectivity index (χ0n) is 18.5. The molecule has 0 saturated carbocycles. The number of phenols is 5. The molecule has 7 N–H and O–H groups in total. The van der Waals surface area contributed by atoms with Gasteiger partial charge in [0.1, 0.15) is 22.5 Å². The number of rotatable bonds is 4. The molecule has 0 fully saturated rings. The summed E-state index contributed by atoms with van der Waals surface area (Å²) < 4.78 is 10.2. The van der Waals surface area contributed by atoms with Crippen molar-refractivity contribution in [1.29, 1.82) is 0 Å². The van der Waals surface area contributed by atoms with Gasteiger partial charge in [-0.1, -0.05) is 6.07 Å². The Labute approximate surface area is 202 Å².